The van der Waals surface area contributed by atoms with Crippen LogP contribution in [0.15, 0.2) is 41.6 Å². The van der Waals surface area contributed by atoms with Gasteiger partial charge in [-0.25, -0.2) is 9.97 Å². The minimum absolute atomic E-state index is 0.203. The van der Waals surface area contributed by atoms with Gasteiger partial charge in [-0.3, -0.25) is 4.21 Å². The molecule has 1 heterocycles. The van der Waals surface area contributed by atoms with Crippen LogP contribution in [0.2, 0.25) is 5.02 Å². The summed E-state index contributed by atoms with van der Waals surface area (Å²) in [4.78, 5) is 8.48. The SMILES string of the molecule is Nc1cccc(Cl)c1S(=O)Cc1ncccn1. The van der Waals surface area contributed by atoms with E-state index in [1.807, 2.05) is 0 Å². The molecule has 0 aliphatic heterocycles. The molecule has 1 aromatic heterocycles. The molecule has 2 aromatic rings. The fourth-order valence-electron chi connectivity index (χ4n) is 1.36. The first kappa shape index (κ1) is 12.0. The van der Waals surface area contributed by atoms with Crippen molar-refractivity contribution in [1.82, 2.24) is 9.97 Å². The number of nitrogens with zero attached hydrogens (tertiary/aromatic N) is 2. The number of anilines is 1. The molecular weight excluding hydrogens is 258 g/mol. The average Bonchev–Trinajstić information content (AvgIpc) is 2.30. The molecule has 0 radical (unpaired) electrons. The fourth-order valence-corrected chi connectivity index (χ4v) is 2.94. The van der Waals surface area contributed by atoms with Crippen LogP contribution in [0.25, 0.3) is 0 Å². The Morgan fingerprint density at radius 3 is 2.59 bits per heavy atom. The molecule has 0 amide bonds. The molecule has 0 bridgehead atoms. The average molecular weight is 268 g/mol. The molecule has 4 nitrogen and oxygen atoms in total. The van der Waals surface area contributed by atoms with Crippen LogP contribution in [0.5, 0.6) is 0 Å². The maximum absolute atomic E-state index is 12.1. The molecule has 2 N–H and O–H groups in total. The number of nitrogens with two attached hydrogens (primary N) is 1. The molecule has 1 aromatic carbocycles. The van der Waals surface area contributed by atoms with Gasteiger partial charge in [-0.05, 0) is 18.2 Å². The predicted octanol–water partition coefficient (Wildman–Crippen LogP) is 2.02. The zero-order valence-electron chi connectivity index (χ0n) is 8.84. The van der Waals surface area contributed by atoms with Gasteiger partial charge >= 0.3 is 0 Å². The highest BCUT2D eigenvalue weighted by Crippen LogP contribution is 2.26. The second-order valence-electron chi connectivity index (χ2n) is 3.31. The first-order valence-electron chi connectivity index (χ1n) is 4.86. The molecule has 0 aliphatic carbocycles. The fraction of sp³-hybridized carbons (Fsp3) is 0.0909. The van der Waals surface area contributed by atoms with Gasteiger partial charge in [0.2, 0.25) is 0 Å². The monoisotopic (exact) mass is 267 g/mol. The first-order valence-corrected chi connectivity index (χ1v) is 6.56. The summed E-state index contributed by atoms with van der Waals surface area (Å²) in [6.07, 6.45) is 3.21. The number of nitrogen functional groups attached to an aromatic ring is 1. The van der Waals surface area contributed by atoms with Crippen molar-refractivity contribution in [3.8, 4) is 0 Å². The first-order chi connectivity index (χ1) is 8.18. The molecule has 0 aliphatic rings. The number of benzene rings is 1. The van der Waals surface area contributed by atoms with Crippen LogP contribution in [-0.2, 0) is 16.6 Å². The van der Waals surface area contributed by atoms with Crippen LogP contribution >= 0.6 is 11.6 Å². The molecule has 0 saturated heterocycles. The van der Waals surface area contributed by atoms with Gasteiger partial charge in [0.25, 0.3) is 0 Å². The topological polar surface area (TPSA) is 68.9 Å². The van der Waals surface area contributed by atoms with E-state index in [1.54, 1.807) is 36.7 Å². The van der Waals surface area contributed by atoms with Crippen molar-refractivity contribution in [3.63, 3.8) is 0 Å². The van der Waals surface area contributed by atoms with Crippen molar-refractivity contribution in [2.75, 3.05) is 5.73 Å². The van der Waals surface area contributed by atoms with Gasteiger partial charge in [0.15, 0.2) is 0 Å². The Labute approximate surface area is 106 Å². The Hall–Kier alpha value is -1.46. The third-order valence-corrected chi connectivity index (χ3v) is 3.96. The van der Waals surface area contributed by atoms with Crippen molar-refractivity contribution in [2.45, 2.75) is 10.6 Å². The zero-order chi connectivity index (χ0) is 12.3. The zero-order valence-corrected chi connectivity index (χ0v) is 10.4. The Balaban J connectivity index is 2.27. The van der Waals surface area contributed by atoms with Crippen LogP contribution in [0.1, 0.15) is 5.82 Å². The van der Waals surface area contributed by atoms with Gasteiger partial charge in [-0.15, -0.1) is 0 Å². The van der Waals surface area contributed by atoms with Crippen LogP contribution in [-0.4, -0.2) is 14.2 Å². The summed E-state index contributed by atoms with van der Waals surface area (Å²) >= 11 is 5.98. The van der Waals surface area contributed by atoms with Crippen LogP contribution in [0.4, 0.5) is 5.69 Å². The quantitative estimate of drug-likeness (QED) is 0.864. The summed E-state index contributed by atoms with van der Waals surface area (Å²) in [6.45, 7) is 0. The van der Waals surface area contributed by atoms with Crippen LogP contribution < -0.4 is 5.73 Å². The summed E-state index contributed by atoms with van der Waals surface area (Å²) in [5.41, 5.74) is 6.18. The Morgan fingerprint density at radius 1 is 1.24 bits per heavy atom. The third kappa shape index (κ3) is 2.81. The summed E-state index contributed by atoms with van der Waals surface area (Å²) in [6, 6.07) is 6.76. The van der Waals surface area contributed by atoms with E-state index in [-0.39, 0.29) is 5.75 Å². The van der Waals surface area contributed by atoms with E-state index in [4.69, 9.17) is 17.3 Å². The lowest BCUT2D eigenvalue weighted by Gasteiger charge is -2.06. The van der Waals surface area contributed by atoms with Gasteiger partial charge in [-0.2, -0.15) is 0 Å². The van der Waals surface area contributed by atoms with Gasteiger partial charge in [0.05, 0.1) is 26.5 Å². The molecule has 1 unspecified atom stereocenters. The van der Waals surface area contributed by atoms with Gasteiger partial charge < -0.3 is 5.73 Å². The van der Waals surface area contributed by atoms with Crippen molar-refractivity contribution >= 4 is 28.1 Å². The van der Waals surface area contributed by atoms with Crippen molar-refractivity contribution in [1.29, 1.82) is 0 Å². The molecule has 88 valence electrons. The maximum atomic E-state index is 12.1. The van der Waals surface area contributed by atoms with E-state index in [0.29, 0.717) is 21.4 Å². The highest BCUT2D eigenvalue weighted by molar-refractivity contribution is 7.84. The van der Waals surface area contributed by atoms with E-state index in [0.717, 1.165) is 0 Å². The van der Waals surface area contributed by atoms with Crippen LogP contribution in [0, 0.1) is 0 Å². The summed E-state index contributed by atoms with van der Waals surface area (Å²) in [5.74, 6) is 0.708. The second-order valence-corrected chi connectivity index (χ2v) is 5.11. The summed E-state index contributed by atoms with van der Waals surface area (Å²) in [7, 11) is -1.34. The van der Waals surface area contributed by atoms with Gasteiger partial charge in [-0.1, -0.05) is 17.7 Å². The molecule has 1 atom stereocenters. The minimum Gasteiger partial charge on any atom is -0.398 e. The lowest BCUT2D eigenvalue weighted by atomic mass is 10.3. The lowest BCUT2D eigenvalue weighted by Crippen LogP contribution is -2.04. The van der Waals surface area contributed by atoms with E-state index >= 15 is 0 Å². The molecule has 17 heavy (non-hydrogen) atoms. The number of hydrogen-bond donors (Lipinski definition) is 1. The van der Waals surface area contributed by atoms with E-state index in [2.05, 4.69) is 9.97 Å². The van der Waals surface area contributed by atoms with E-state index in [9.17, 15) is 4.21 Å². The van der Waals surface area contributed by atoms with E-state index in [1.165, 1.54) is 0 Å². The van der Waals surface area contributed by atoms with Crippen molar-refractivity contribution in [2.24, 2.45) is 0 Å². The standard InChI is InChI=1S/C11H10ClN3OS/c12-8-3-1-4-9(13)11(8)17(16)7-10-14-5-2-6-15-10/h1-6H,7,13H2. The number of hydrogen-bond acceptors (Lipinski definition) is 4. The third-order valence-electron chi connectivity index (χ3n) is 2.10. The van der Waals surface area contributed by atoms with Gasteiger partial charge in [0, 0.05) is 18.1 Å². The number of halogens is 1. The maximum Gasteiger partial charge on any atom is 0.141 e. The van der Waals surface area contributed by atoms with E-state index < -0.39 is 10.8 Å². The lowest BCUT2D eigenvalue weighted by molar-refractivity contribution is 0.681. The molecular formula is C11H10ClN3OS. The smallest absolute Gasteiger partial charge is 0.141 e. The summed E-state index contributed by atoms with van der Waals surface area (Å²) < 4.78 is 12.1. The van der Waals surface area contributed by atoms with Gasteiger partial charge in [0.1, 0.15) is 5.82 Å². The van der Waals surface area contributed by atoms with Crippen molar-refractivity contribution in [3.05, 3.63) is 47.5 Å². The Bertz CT molecular complexity index is 527. The minimum atomic E-state index is -1.34. The molecule has 0 spiro atoms. The van der Waals surface area contributed by atoms with Crippen molar-refractivity contribution < 1.29 is 4.21 Å². The number of aromatic nitrogens is 2. The number of rotatable bonds is 3. The second kappa shape index (κ2) is 5.25. The largest absolute Gasteiger partial charge is 0.398 e. The molecule has 0 saturated carbocycles. The predicted molar refractivity (Wildman–Crippen MR) is 68.0 cm³/mol. The molecule has 2 rings (SSSR count). The highest BCUT2D eigenvalue weighted by atomic mass is 35.5. The highest BCUT2D eigenvalue weighted by Gasteiger charge is 2.13. The van der Waals surface area contributed by atoms with Crippen LogP contribution in [0.3, 0.4) is 0 Å². The summed E-state index contributed by atoms with van der Waals surface area (Å²) in [5, 5.41) is 0.402. The Morgan fingerprint density at radius 2 is 1.94 bits per heavy atom. The molecule has 0 fully saturated rings. The molecule has 6 heteroatoms. The normalized spacial score (nSPS) is 12.3. The Kier molecular flexibility index (Phi) is 3.71.